The molecule has 0 fully saturated rings. The van der Waals surface area contributed by atoms with Crippen molar-refractivity contribution in [3.8, 4) is 0 Å². The number of esters is 2. The fourth-order valence-electron chi connectivity index (χ4n) is 2.79. The average molecular weight is 369 g/mol. The summed E-state index contributed by atoms with van der Waals surface area (Å²) in [6.45, 7) is 4.08. The Morgan fingerprint density at radius 3 is 2.19 bits per heavy atom. The van der Waals surface area contributed by atoms with Gasteiger partial charge in [-0.25, -0.2) is 0 Å². The predicted molar refractivity (Wildman–Crippen MR) is 107 cm³/mol. The first-order chi connectivity index (χ1) is 12.6. The summed E-state index contributed by atoms with van der Waals surface area (Å²) in [5, 5.41) is 9.87. The van der Waals surface area contributed by atoms with Gasteiger partial charge in [-0.2, -0.15) is 0 Å². The topological polar surface area (TPSA) is 63.6 Å². The zero-order valence-electron chi connectivity index (χ0n) is 17.0. The van der Waals surface area contributed by atoms with Crippen LogP contribution in [0.4, 0.5) is 0 Å². The summed E-state index contributed by atoms with van der Waals surface area (Å²) in [5.74, 6) is -0.796. The van der Waals surface area contributed by atoms with E-state index in [1.54, 1.807) is 0 Å². The van der Waals surface area contributed by atoms with E-state index < -0.39 is 5.97 Å². The lowest BCUT2D eigenvalue weighted by Crippen LogP contribution is -2.11. The maximum Gasteiger partial charge on any atom is 0.313 e. The maximum absolute atomic E-state index is 11.4. The lowest BCUT2D eigenvalue weighted by molar-refractivity contribution is -0.159. The molecule has 4 heteroatoms. The minimum atomic E-state index is -0.407. The number of carbonyl (C=O) groups is 2. The van der Waals surface area contributed by atoms with E-state index in [1.165, 1.54) is 19.3 Å². The fourth-order valence-corrected chi connectivity index (χ4v) is 2.79. The minimum Gasteiger partial charge on any atom is -0.393 e. The third-order valence-corrected chi connectivity index (χ3v) is 4.40. The van der Waals surface area contributed by atoms with Crippen molar-refractivity contribution >= 4 is 11.9 Å². The van der Waals surface area contributed by atoms with Gasteiger partial charge >= 0.3 is 11.9 Å². The monoisotopic (exact) mass is 368 g/mol. The third-order valence-electron chi connectivity index (χ3n) is 4.40. The Balaban J connectivity index is 3.39. The number of aliphatic hydroxyl groups excluding tert-OH is 1. The molecule has 0 aliphatic carbocycles. The van der Waals surface area contributed by atoms with E-state index in [2.05, 4.69) is 19.1 Å². The smallest absolute Gasteiger partial charge is 0.313 e. The summed E-state index contributed by atoms with van der Waals surface area (Å²) >= 11 is 0. The largest absolute Gasteiger partial charge is 0.393 e. The van der Waals surface area contributed by atoms with Gasteiger partial charge in [0.15, 0.2) is 0 Å². The van der Waals surface area contributed by atoms with Crippen molar-refractivity contribution in [3.05, 3.63) is 12.2 Å². The van der Waals surface area contributed by atoms with E-state index in [-0.39, 0.29) is 12.1 Å². The second-order valence-electron chi connectivity index (χ2n) is 7.11. The van der Waals surface area contributed by atoms with E-state index in [1.807, 2.05) is 6.92 Å². The summed E-state index contributed by atoms with van der Waals surface area (Å²) in [6, 6.07) is 0. The molecule has 0 amide bonds. The van der Waals surface area contributed by atoms with Gasteiger partial charge in [0, 0.05) is 12.8 Å². The number of carbonyl (C=O) groups excluding carboxylic acids is 2. The molecule has 0 saturated heterocycles. The zero-order valence-corrected chi connectivity index (χ0v) is 17.0. The lowest BCUT2D eigenvalue weighted by atomic mass is 10.1. The maximum atomic E-state index is 11.4. The molecule has 0 spiro atoms. The first-order valence-corrected chi connectivity index (χ1v) is 10.7. The van der Waals surface area contributed by atoms with Crippen molar-refractivity contribution in [2.24, 2.45) is 0 Å². The highest BCUT2D eigenvalue weighted by molar-refractivity contribution is 5.85. The van der Waals surface area contributed by atoms with Gasteiger partial charge in [0.05, 0.1) is 6.10 Å². The Labute approximate surface area is 160 Å². The molecule has 0 rings (SSSR count). The normalized spacial score (nSPS) is 12.4. The predicted octanol–water partition coefficient (Wildman–Crippen LogP) is 5.86. The molecule has 0 unspecified atom stereocenters. The molecule has 152 valence electrons. The van der Waals surface area contributed by atoms with Crippen LogP contribution in [0.1, 0.15) is 110 Å². The van der Waals surface area contributed by atoms with Gasteiger partial charge in [-0.05, 0) is 38.5 Å². The van der Waals surface area contributed by atoms with Crippen molar-refractivity contribution in [1.82, 2.24) is 0 Å². The molecule has 0 aliphatic rings. The molecular weight excluding hydrogens is 328 g/mol. The summed E-state index contributed by atoms with van der Waals surface area (Å²) in [4.78, 5) is 22.6. The molecule has 0 saturated carbocycles. The van der Waals surface area contributed by atoms with Gasteiger partial charge in [0.25, 0.3) is 0 Å². The van der Waals surface area contributed by atoms with Crippen LogP contribution in [-0.4, -0.2) is 23.1 Å². The van der Waals surface area contributed by atoms with Crippen LogP contribution in [0.15, 0.2) is 12.2 Å². The van der Waals surface area contributed by atoms with Crippen LogP contribution in [0.2, 0.25) is 0 Å². The third kappa shape index (κ3) is 17.7. The highest BCUT2D eigenvalue weighted by atomic mass is 16.6. The molecule has 0 aromatic carbocycles. The van der Waals surface area contributed by atoms with Crippen LogP contribution in [0.5, 0.6) is 0 Å². The number of aliphatic hydroxyl groups is 1. The van der Waals surface area contributed by atoms with Gasteiger partial charge in [0.1, 0.15) is 0 Å². The first-order valence-electron chi connectivity index (χ1n) is 10.7. The molecule has 1 atom stereocenters. The fraction of sp³-hybridized carbons (Fsp3) is 0.818. The second-order valence-corrected chi connectivity index (χ2v) is 7.11. The SMILES string of the molecule is CCCCCC[C@@H](O)CC=CCCCCCCCC(=O)OC(=O)CCC. The number of hydrogen-bond acceptors (Lipinski definition) is 4. The highest BCUT2D eigenvalue weighted by Gasteiger charge is 2.08. The van der Waals surface area contributed by atoms with E-state index in [9.17, 15) is 14.7 Å². The first kappa shape index (κ1) is 24.8. The van der Waals surface area contributed by atoms with Crippen molar-refractivity contribution in [3.63, 3.8) is 0 Å². The number of allylic oxidation sites excluding steroid dienone is 1. The zero-order chi connectivity index (χ0) is 19.5. The van der Waals surface area contributed by atoms with E-state index in [4.69, 9.17) is 4.74 Å². The van der Waals surface area contributed by atoms with Gasteiger partial charge in [-0.3, -0.25) is 9.59 Å². The molecule has 1 N–H and O–H groups in total. The molecule has 0 aliphatic heterocycles. The molecular formula is C22H40O4. The quantitative estimate of drug-likeness (QED) is 0.151. The molecule has 0 heterocycles. The standard InChI is InChI=1S/C22H40O4/c1-3-5-6-13-17-20(23)18-14-11-9-7-8-10-12-15-19-22(25)26-21(24)16-4-2/h11,14,20,23H,3-10,12-13,15-19H2,1-2H3/t20-/m1/s1. The summed E-state index contributed by atoms with van der Waals surface area (Å²) < 4.78 is 4.71. The Hall–Kier alpha value is -1.16. The molecule has 0 bridgehead atoms. The Bertz CT molecular complexity index is 376. The summed E-state index contributed by atoms with van der Waals surface area (Å²) in [6.07, 6.45) is 18.2. The van der Waals surface area contributed by atoms with Crippen LogP contribution in [0.25, 0.3) is 0 Å². The lowest BCUT2D eigenvalue weighted by Gasteiger charge is -2.07. The van der Waals surface area contributed by atoms with E-state index >= 15 is 0 Å². The van der Waals surface area contributed by atoms with Gasteiger partial charge < -0.3 is 9.84 Å². The Morgan fingerprint density at radius 2 is 1.46 bits per heavy atom. The van der Waals surface area contributed by atoms with Crippen LogP contribution in [0.3, 0.4) is 0 Å². The van der Waals surface area contributed by atoms with Crippen LogP contribution >= 0.6 is 0 Å². The van der Waals surface area contributed by atoms with Crippen LogP contribution in [0, 0.1) is 0 Å². The van der Waals surface area contributed by atoms with Crippen molar-refractivity contribution in [1.29, 1.82) is 0 Å². The summed E-state index contributed by atoms with van der Waals surface area (Å²) in [7, 11) is 0. The number of rotatable bonds is 17. The van der Waals surface area contributed by atoms with Gasteiger partial charge in [-0.15, -0.1) is 0 Å². The van der Waals surface area contributed by atoms with Gasteiger partial charge in [-0.1, -0.05) is 70.9 Å². The average Bonchev–Trinajstić information content (AvgIpc) is 2.60. The van der Waals surface area contributed by atoms with Crippen molar-refractivity contribution < 1.29 is 19.4 Å². The Kier molecular flexibility index (Phi) is 17.8. The molecule has 26 heavy (non-hydrogen) atoms. The van der Waals surface area contributed by atoms with E-state index in [0.29, 0.717) is 19.3 Å². The second kappa shape index (κ2) is 18.6. The number of unbranched alkanes of at least 4 members (excludes halogenated alkanes) is 8. The van der Waals surface area contributed by atoms with Crippen molar-refractivity contribution in [2.75, 3.05) is 0 Å². The summed E-state index contributed by atoms with van der Waals surface area (Å²) in [5.41, 5.74) is 0. The molecule has 0 aromatic heterocycles. The molecule has 4 nitrogen and oxygen atoms in total. The molecule has 0 radical (unpaired) electrons. The Morgan fingerprint density at radius 1 is 0.808 bits per heavy atom. The highest BCUT2D eigenvalue weighted by Crippen LogP contribution is 2.11. The van der Waals surface area contributed by atoms with Crippen LogP contribution < -0.4 is 0 Å². The van der Waals surface area contributed by atoms with E-state index in [0.717, 1.165) is 57.8 Å². The van der Waals surface area contributed by atoms with Crippen LogP contribution in [-0.2, 0) is 14.3 Å². The molecule has 0 aromatic rings. The number of hydrogen-bond donors (Lipinski definition) is 1. The van der Waals surface area contributed by atoms with Crippen molar-refractivity contribution in [2.45, 2.75) is 116 Å². The number of ether oxygens (including phenoxy) is 1. The van der Waals surface area contributed by atoms with Gasteiger partial charge in [0.2, 0.25) is 0 Å². The minimum absolute atomic E-state index is 0.188.